The van der Waals surface area contributed by atoms with E-state index in [1.807, 2.05) is 0 Å². The number of ketones is 1. The average Bonchev–Trinajstić information content (AvgIpc) is 2.68. The maximum Gasteiger partial charge on any atom is 0.353 e. The number of methoxy groups -OCH3 is 1. The Morgan fingerprint density at radius 1 is 1.14 bits per heavy atom. The first-order valence-corrected chi connectivity index (χ1v) is 8.75. The van der Waals surface area contributed by atoms with Gasteiger partial charge in [-0.05, 0) is 37.3 Å². The van der Waals surface area contributed by atoms with E-state index in [0.717, 1.165) is 0 Å². The van der Waals surface area contributed by atoms with Gasteiger partial charge in [-0.15, -0.1) is 0 Å². The van der Waals surface area contributed by atoms with Gasteiger partial charge in [0.15, 0.2) is 5.78 Å². The molecule has 0 radical (unpaired) electrons. The van der Waals surface area contributed by atoms with Crippen molar-refractivity contribution in [3.05, 3.63) is 69.5 Å². The molecule has 2 aromatic carbocycles. The van der Waals surface area contributed by atoms with Crippen LogP contribution in [0.25, 0.3) is 0 Å². The van der Waals surface area contributed by atoms with Crippen LogP contribution in [0.4, 0.5) is 28.7 Å². The van der Waals surface area contributed by atoms with E-state index < -0.39 is 4.92 Å². The molecule has 0 fully saturated rings. The zero-order chi connectivity index (χ0) is 21.0. The van der Waals surface area contributed by atoms with E-state index in [-0.39, 0.29) is 23.1 Å². The Morgan fingerprint density at radius 3 is 2.52 bits per heavy atom. The van der Waals surface area contributed by atoms with Gasteiger partial charge in [-0.1, -0.05) is 23.7 Å². The number of Topliss-reactive ketones (excluding diaryl/α,β-unsaturated/α-hetero) is 1. The van der Waals surface area contributed by atoms with Gasteiger partial charge in [-0.3, -0.25) is 14.9 Å². The highest BCUT2D eigenvalue weighted by Gasteiger charge is 2.24. The van der Waals surface area contributed by atoms with Crippen LogP contribution in [0.3, 0.4) is 0 Å². The van der Waals surface area contributed by atoms with Gasteiger partial charge >= 0.3 is 5.69 Å². The van der Waals surface area contributed by atoms with Crippen LogP contribution in [-0.4, -0.2) is 27.8 Å². The third-order valence-electron chi connectivity index (χ3n) is 3.95. The predicted molar refractivity (Wildman–Crippen MR) is 110 cm³/mol. The molecule has 0 atom stereocenters. The molecule has 0 saturated heterocycles. The van der Waals surface area contributed by atoms with Gasteiger partial charge in [0.25, 0.3) is 0 Å². The number of nitrogens with one attached hydrogen (secondary N) is 2. The van der Waals surface area contributed by atoms with Gasteiger partial charge in [0.05, 0.1) is 17.7 Å². The Hall–Kier alpha value is -3.72. The van der Waals surface area contributed by atoms with E-state index in [1.54, 1.807) is 42.5 Å². The molecule has 148 valence electrons. The molecule has 2 N–H and O–H groups in total. The summed E-state index contributed by atoms with van der Waals surface area (Å²) in [6.45, 7) is 1.44. The quantitative estimate of drug-likeness (QED) is 0.324. The molecule has 0 unspecified atom stereocenters. The zero-order valence-electron chi connectivity index (χ0n) is 15.5. The first kappa shape index (κ1) is 20.0. The molecule has 0 bridgehead atoms. The molecular weight excluding hydrogens is 398 g/mol. The smallest absolute Gasteiger partial charge is 0.353 e. The fourth-order valence-corrected chi connectivity index (χ4v) is 2.76. The van der Waals surface area contributed by atoms with Gasteiger partial charge in [0.1, 0.15) is 12.1 Å². The number of nitrogens with zero attached hydrogens (tertiary/aromatic N) is 3. The summed E-state index contributed by atoms with van der Waals surface area (Å²) in [5.74, 6) is 0.234. The summed E-state index contributed by atoms with van der Waals surface area (Å²) < 4.78 is 5.25. The summed E-state index contributed by atoms with van der Waals surface area (Å²) >= 11 is 6.02. The fourth-order valence-electron chi connectivity index (χ4n) is 2.59. The molecule has 10 heteroatoms. The van der Waals surface area contributed by atoms with Gasteiger partial charge in [0, 0.05) is 16.3 Å². The fraction of sp³-hybridized carbons (Fsp3) is 0.105. The lowest BCUT2D eigenvalue weighted by molar-refractivity contribution is -0.383. The monoisotopic (exact) mass is 413 g/mol. The molecule has 0 saturated carbocycles. The number of carbonyl (C=O) groups is 1. The van der Waals surface area contributed by atoms with Crippen molar-refractivity contribution >= 4 is 46.1 Å². The summed E-state index contributed by atoms with van der Waals surface area (Å²) in [5.41, 5.74) is 0.980. The molecule has 1 heterocycles. The average molecular weight is 414 g/mol. The van der Waals surface area contributed by atoms with Crippen molar-refractivity contribution in [2.24, 2.45) is 0 Å². The lowest BCUT2D eigenvalue weighted by Crippen LogP contribution is -2.06. The van der Waals surface area contributed by atoms with Crippen LogP contribution < -0.4 is 15.4 Å². The highest BCUT2D eigenvalue weighted by molar-refractivity contribution is 6.31. The van der Waals surface area contributed by atoms with Crippen molar-refractivity contribution in [1.82, 2.24) is 9.97 Å². The highest BCUT2D eigenvalue weighted by atomic mass is 35.5. The Bertz CT molecular complexity index is 1090. The van der Waals surface area contributed by atoms with Crippen LogP contribution in [0.1, 0.15) is 17.3 Å². The lowest BCUT2D eigenvalue weighted by atomic mass is 10.1. The third kappa shape index (κ3) is 4.58. The number of hydrogen-bond acceptors (Lipinski definition) is 8. The van der Waals surface area contributed by atoms with Crippen molar-refractivity contribution in [3.63, 3.8) is 0 Å². The molecule has 1 aromatic heterocycles. The van der Waals surface area contributed by atoms with E-state index in [1.165, 1.54) is 20.4 Å². The third-order valence-corrected chi connectivity index (χ3v) is 4.19. The highest BCUT2D eigenvalue weighted by Crippen LogP contribution is 2.36. The zero-order valence-corrected chi connectivity index (χ0v) is 16.2. The molecule has 0 amide bonds. The van der Waals surface area contributed by atoms with Crippen molar-refractivity contribution in [3.8, 4) is 5.75 Å². The number of halogens is 1. The van der Waals surface area contributed by atoms with Gasteiger partial charge < -0.3 is 15.4 Å². The van der Waals surface area contributed by atoms with Crippen LogP contribution in [0.5, 0.6) is 5.75 Å². The van der Waals surface area contributed by atoms with Crippen molar-refractivity contribution in [2.45, 2.75) is 6.92 Å². The molecule has 0 aliphatic carbocycles. The molecular formula is C19H16ClN5O4. The molecule has 0 aliphatic heterocycles. The Kier molecular flexibility index (Phi) is 5.89. The number of nitro groups is 1. The van der Waals surface area contributed by atoms with Crippen molar-refractivity contribution in [1.29, 1.82) is 0 Å². The minimum absolute atomic E-state index is 0.0332. The number of benzene rings is 2. The minimum Gasteiger partial charge on any atom is -0.495 e. The summed E-state index contributed by atoms with van der Waals surface area (Å²) in [6, 6.07) is 11.4. The number of ether oxygens (including phenoxy) is 1. The molecule has 0 aliphatic rings. The summed E-state index contributed by atoms with van der Waals surface area (Å²) in [6.07, 6.45) is 1.18. The minimum atomic E-state index is -0.601. The molecule has 3 rings (SSSR count). The molecule has 9 nitrogen and oxygen atoms in total. The van der Waals surface area contributed by atoms with Gasteiger partial charge in [0.2, 0.25) is 11.6 Å². The molecule has 0 spiro atoms. The van der Waals surface area contributed by atoms with Gasteiger partial charge in [-0.2, -0.15) is 0 Å². The van der Waals surface area contributed by atoms with E-state index in [0.29, 0.717) is 27.7 Å². The lowest BCUT2D eigenvalue weighted by Gasteiger charge is -2.13. The second-order valence-electron chi connectivity index (χ2n) is 5.91. The summed E-state index contributed by atoms with van der Waals surface area (Å²) in [4.78, 5) is 30.7. The van der Waals surface area contributed by atoms with Crippen LogP contribution in [0.15, 0.2) is 48.8 Å². The van der Waals surface area contributed by atoms with Crippen molar-refractivity contribution < 1.29 is 14.5 Å². The molecule has 3 aromatic rings. The number of hydrogen-bond donors (Lipinski definition) is 2. The molecule has 29 heavy (non-hydrogen) atoms. The standard InChI is InChI=1S/C19H16ClN5O4/c1-11(26)12-4-3-5-14(8-12)23-18-17(25(27)28)19(22-10-21-18)24-15-9-13(20)6-7-16(15)29-2/h3-10H,1-2H3,(H2,21,22,23,24). The van der Waals surface area contributed by atoms with E-state index in [9.17, 15) is 14.9 Å². The Balaban J connectivity index is 2.01. The Labute approximate surface area is 170 Å². The first-order valence-electron chi connectivity index (χ1n) is 8.37. The Morgan fingerprint density at radius 2 is 1.86 bits per heavy atom. The number of rotatable bonds is 7. The van der Waals surface area contributed by atoms with Crippen LogP contribution >= 0.6 is 11.6 Å². The first-order chi connectivity index (χ1) is 13.9. The largest absolute Gasteiger partial charge is 0.495 e. The van der Waals surface area contributed by atoms with Crippen molar-refractivity contribution in [2.75, 3.05) is 17.7 Å². The van der Waals surface area contributed by atoms with Crippen LogP contribution in [0.2, 0.25) is 5.02 Å². The maximum absolute atomic E-state index is 11.8. The number of carbonyl (C=O) groups excluding carboxylic acids is 1. The summed E-state index contributed by atoms with van der Waals surface area (Å²) in [5, 5.41) is 17.9. The second-order valence-corrected chi connectivity index (χ2v) is 6.34. The van der Waals surface area contributed by atoms with Crippen LogP contribution in [0, 0.1) is 10.1 Å². The summed E-state index contributed by atoms with van der Waals surface area (Å²) in [7, 11) is 1.47. The maximum atomic E-state index is 11.8. The van der Waals surface area contributed by atoms with E-state index in [2.05, 4.69) is 20.6 Å². The van der Waals surface area contributed by atoms with E-state index in [4.69, 9.17) is 16.3 Å². The number of aromatic nitrogens is 2. The predicted octanol–water partition coefficient (Wildman–Crippen LogP) is 4.74. The second kappa shape index (κ2) is 8.53. The van der Waals surface area contributed by atoms with Gasteiger partial charge in [-0.25, -0.2) is 9.97 Å². The normalized spacial score (nSPS) is 10.3. The van der Waals surface area contributed by atoms with E-state index >= 15 is 0 Å². The topological polar surface area (TPSA) is 119 Å². The number of anilines is 4. The SMILES string of the molecule is COc1ccc(Cl)cc1Nc1ncnc(Nc2cccc(C(C)=O)c2)c1[N+](=O)[O-]. The van der Waals surface area contributed by atoms with Crippen LogP contribution in [-0.2, 0) is 0 Å².